The monoisotopic (exact) mass is 392 g/mol. The molecule has 0 atom stereocenters. The van der Waals surface area contributed by atoms with E-state index in [-0.39, 0.29) is 16.8 Å². The zero-order chi connectivity index (χ0) is 18.7. The summed E-state index contributed by atoms with van der Waals surface area (Å²) < 4.78 is 4.59. The largest absolute Gasteiger partial charge is 0.465 e. The number of thioether (sulfide) groups is 1. The minimum atomic E-state index is -0.730. The van der Waals surface area contributed by atoms with Crippen LogP contribution < -0.4 is 5.32 Å². The van der Waals surface area contributed by atoms with E-state index in [2.05, 4.69) is 16.1 Å². The first-order valence-electron chi connectivity index (χ1n) is 7.82. The van der Waals surface area contributed by atoms with Crippen LogP contribution >= 0.6 is 23.1 Å². The predicted octanol–water partition coefficient (Wildman–Crippen LogP) is 3.16. The molecule has 7 nitrogen and oxygen atoms in total. The number of amides is 1. The minimum absolute atomic E-state index is 0.0320. The molecule has 1 aliphatic rings. The Bertz CT molecular complexity index is 855. The average molecular weight is 392 g/mol. The number of fused-ring (bicyclic) bond motifs is 1. The number of nitro benzene ring substituents is 1. The van der Waals surface area contributed by atoms with Crippen molar-refractivity contribution in [1.29, 1.82) is 0 Å². The second kappa shape index (κ2) is 7.88. The topological polar surface area (TPSA) is 98.5 Å². The Labute approximate surface area is 157 Å². The molecule has 136 valence electrons. The molecule has 0 unspecified atom stereocenters. The summed E-state index contributed by atoms with van der Waals surface area (Å²) in [6, 6.07) is 5.63. The van der Waals surface area contributed by atoms with Gasteiger partial charge in [-0.15, -0.1) is 11.3 Å². The van der Waals surface area contributed by atoms with Gasteiger partial charge in [0, 0.05) is 33.2 Å². The number of methoxy groups -OCH3 is 1. The van der Waals surface area contributed by atoms with Gasteiger partial charge in [0.1, 0.15) is 0 Å². The summed E-state index contributed by atoms with van der Waals surface area (Å²) >= 11 is 3.58. The summed E-state index contributed by atoms with van der Waals surface area (Å²) in [7, 11) is 1.18. The fourth-order valence-electron chi connectivity index (χ4n) is 2.65. The number of non-ortho nitro benzene ring substituents is 1. The maximum absolute atomic E-state index is 12.4. The lowest BCUT2D eigenvalue weighted by molar-refractivity contribution is -0.384. The lowest BCUT2D eigenvalue weighted by Crippen LogP contribution is -2.23. The third kappa shape index (κ3) is 4.05. The van der Waals surface area contributed by atoms with Crippen molar-refractivity contribution < 1.29 is 19.2 Å². The first kappa shape index (κ1) is 18.4. The maximum atomic E-state index is 12.4. The molecular formula is C17H16N2O5S2. The van der Waals surface area contributed by atoms with E-state index >= 15 is 0 Å². The first-order valence-corrected chi connectivity index (χ1v) is 9.79. The molecule has 1 aliphatic heterocycles. The highest BCUT2D eigenvalue weighted by Crippen LogP contribution is 2.31. The molecule has 1 N–H and O–H groups in total. The number of nitrogens with zero attached hydrogens (tertiary/aromatic N) is 1. The lowest BCUT2D eigenvalue weighted by atomic mass is 10.1. The van der Waals surface area contributed by atoms with Gasteiger partial charge in [-0.2, -0.15) is 11.8 Å². The quantitative estimate of drug-likeness (QED) is 0.477. The molecule has 9 heteroatoms. The summed E-state index contributed by atoms with van der Waals surface area (Å²) in [4.78, 5) is 36.9. The molecule has 2 heterocycles. The van der Waals surface area contributed by atoms with Crippen molar-refractivity contribution in [3.05, 3.63) is 60.8 Å². The number of thiophene rings is 1. The number of esters is 1. The second-order valence-corrected chi connectivity index (χ2v) is 7.99. The smallest absolute Gasteiger partial charge is 0.338 e. The maximum Gasteiger partial charge on any atom is 0.338 e. The summed E-state index contributed by atoms with van der Waals surface area (Å²) in [6.45, 7) is 0.345. The Hall–Kier alpha value is -2.39. The van der Waals surface area contributed by atoms with Gasteiger partial charge in [0.2, 0.25) is 0 Å². The molecule has 26 heavy (non-hydrogen) atoms. The van der Waals surface area contributed by atoms with Crippen LogP contribution in [0.4, 0.5) is 5.69 Å². The van der Waals surface area contributed by atoms with Crippen molar-refractivity contribution in [3.8, 4) is 0 Å². The van der Waals surface area contributed by atoms with Crippen LogP contribution in [0.3, 0.4) is 0 Å². The fourth-order valence-corrected chi connectivity index (χ4v) is 4.97. The number of hydrogen-bond donors (Lipinski definition) is 1. The molecule has 1 amide bonds. The Balaban J connectivity index is 1.76. The van der Waals surface area contributed by atoms with E-state index in [1.807, 2.05) is 11.8 Å². The van der Waals surface area contributed by atoms with Crippen molar-refractivity contribution in [2.24, 2.45) is 0 Å². The van der Waals surface area contributed by atoms with E-state index in [4.69, 9.17) is 0 Å². The number of benzene rings is 1. The van der Waals surface area contributed by atoms with Crippen LogP contribution in [0, 0.1) is 10.1 Å². The van der Waals surface area contributed by atoms with Crippen LogP contribution in [0.2, 0.25) is 0 Å². The third-order valence-corrected chi connectivity index (χ3v) is 6.16. The molecule has 0 fully saturated rings. The van der Waals surface area contributed by atoms with Gasteiger partial charge in [-0.1, -0.05) is 0 Å². The van der Waals surface area contributed by atoms with Gasteiger partial charge in [0.25, 0.3) is 11.6 Å². The van der Waals surface area contributed by atoms with Crippen LogP contribution in [0.5, 0.6) is 0 Å². The summed E-state index contributed by atoms with van der Waals surface area (Å²) in [5.41, 5.74) is 1.01. The van der Waals surface area contributed by atoms with Gasteiger partial charge in [-0.05, 0) is 29.9 Å². The number of rotatable bonds is 5. The molecule has 0 saturated carbocycles. The van der Waals surface area contributed by atoms with Crippen molar-refractivity contribution in [2.75, 3.05) is 12.9 Å². The Morgan fingerprint density at radius 2 is 2.04 bits per heavy atom. The average Bonchev–Trinajstić information content (AvgIpc) is 3.07. The van der Waals surface area contributed by atoms with Crippen molar-refractivity contribution in [2.45, 2.75) is 18.7 Å². The van der Waals surface area contributed by atoms with Crippen LogP contribution in [0.1, 0.15) is 36.0 Å². The third-order valence-electron chi connectivity index (χ3n) is 3.91. The second-order valence-electron chi connectivity index (χ2n) is 5.66. The van der Waals surface area contributed by atoms with Gasteiger partial charge in [0.05, 0.1) is 24.1 Å². The van der Waals surface area contributed by atoms with Gasteiger partial charge in [0.15, 0.2) is 0 Å². The molecule has 1 aromatic heterocycles. The van der Waals surface area contributed by atoms with Gasteiger partial charge >= 0.3 is 5.97 Å². The van der Waals surface area contributed by atoms with Crippen molar-refractivity contribution in [3.63, 3.8) is 0 Å². The van der Waals surface area contributed by atoms with Crippen molar-refractivity contribution in [1.82, 2.24) is 5.32 Å². The van der Waals surface area contributed by atoms with E-state index < -0.39 is 16.8 Å². The molecule has 0 aliphatic carbocycles. The standard InChI is InChI=1S/C17H16N2O5S2/c1-24-17(21)11-4-10(5-13(6-11)19(22)23)16(20)18-8-14-7-12-9-25-3-2-15(12)26-14/h4-7H,2-3,8-9H2,1H3,(H,18,20). The van der Waals surface area contributed by atoms with E-state index in [1.54, 1.807) is 11.3 Å². The SMILES string of the molecule is COC(=O)c1cc(C(=O)NCc2cc3c(s2)CCSC3)cc([N+](=O)[O-])c1. The summed E-state index contributed by atoms with van der Waals surface area (Å²) in [6.07, 6.45) is 1.05. The highest BCUT2D eigenvalue weighted by molar-refractivity contribution is 7.98. The number of carbonyl (C=O) groups excluding carboxylic acids is 2. The molecule has 0 bridgehead atoms. The number of aryl methyl sites for hydroxylation is 1. The highest BCUT2D eigenvalue weighted by Gasteiger charge is 2.19. The van der Waals surface area contributed by atoms with Crippen LogP contribution in [-0.4, -0.2) is 29.7 Å². The zero-order valence-electron chi connectivity index (χ0n) is 13.9. The van der Waals surface area contributed by atoms with Gasteiger partial charge in [-0.3, -0.25) is 14.9 Å². The Morgan fingerprint density at radius 3 is 2.73 bits per heavy atom. The molecule has 2 aromatic rings. The lowest BCUT2D eigenvalue weighted by Gasteiger charge is -2.08. The van der Waals surface area contributed by atoms with Crippen LogP contribution in [-0.2, 0) is 23.5 Å². The summed E-state index contributed by atoms with van der Waals surface area (Å²) in [5.74, 6) is 0.905. The Kier molecular flexibility index (Phi) is 5.58. The number of carbonyl (C=O) groups is 2. The Morgan fingerprint density at radius 1 is 1.27 bits per heavy atom. The normalized spacial score (nSPS) is 13.0. The number of hydrogen-bond acceptors (Lipinski definition) is 7. The number of ether oxygens (including phenoxy) is 1. The van der Waals surface area contributed by atoms with E-state index in [9.17, 15) is 19.7 Å². The van der Waals surface area contributed by atoms with E-state index in [1.165, 1.54) is 23.6 Å². The first-order chi connectivity index (χ1) is 12.5. The number of nitro groups is 1. The molecular weight excluding hydrogens is 376 g/mol. The van der Waals surface area contributed by atoms with Crippen molar-refractivity contribution >= 4 is 40.7 Å². The highest BCUT2D eigenvalue weighted by atomic mass is 32.2. The molecule has 0 spiro atoms. The minimum Gasteiger partial charge on any atom is -0.465 e. The van der Waals surface area contributed by atoms with Gasteiger partial charge in [-0.25, -0.2) is 4.79 Å². The van der Waals surface area contributed by atoms with Gasteiger partial charge < -0.3 is 10.1 Å². The molecule has 0 saturated heterocycles. The summed E-state index contributed by atoms with van der Waals surface area (Å²) in [5, 5.41) is 13.8. The van der Waals surface area contributed by atoms with Crippen LogP contribution in [0.25, 0.3) is 0 Å². The molecule has 3 rings (SSSR count). The fraction of sp³-hybridized carbons (Fsp3) is 0.294. The van der Waals surface area contributed by atoms with Crippen LogP contribution in [0.15, 0.2) is 24.3 Å². The van der Waals surface area contributed by atoms with E-state index in [0.717, 1.165) is 34.9 Å². The molecule has 1 aromatic carbocycles. The number of nitrogens with one attached hydrogen (secondary N) is 1. The zero-order valence-corrected chi connectivity index (χ0v) is 15.6. The predicted molar refractivity (Wildman–Crippen MR) is 99.8 cm³/mol. The molecule has 0 radical (unpaired) electrons. The van der Waals surface area contributed by atoms with E-state index in [0.29, 0.717) is 6.54 Å².